The number of carbonyl (C=O) groups excluding carboxylic acids is 2. The molecule has 3 rings (SSSR count). The summed E-state index contributed by atoms with van der Waals surface area (Å²) in [6, 6.07) is 16.7. The van der Waals surface area contributed by atoms with E-state index in [4.69, 9.17) is 14.7 Å². The van der Waals surface area contributed by atoms with Crippen LogP contribution in [0.5, 0.6) is 0 Å². The van der Waals surface area contributed by atoms with Gasteiger partial charge in [-0.2, -0.15) is 5.26 Å². The summed E-state index contributed by atoms with van der Waals surface area (Å²) in [6.07, 6.45) is 0.308. The van der Waals surface area contributed by atoms with Crippen molar-refractivity contribution >= 4 is 39.1 Å². The molecule has 0 unspecified atom stereocenters. The first-order valence-electron chi connectivity index (χ1n) is 8.47. The van der Waals surface area contributed by atoms with E-state index < -0.39 is 18.5 Å². The molecule has 0 aliphatic heterocycles. The van der Waals surface area contributed by atoms with E-state index in [-0.39, 0.29) is 13.2 Å². The molecule has 0 bridgehead atoms. The van der Waals surface area contributed by atoms with E-state index >= 15 is 0 Å². The van der Waals surface area contributed by atoms with E-state index in [1.165, 1.54) is 11.3 Å². The van der Waals surface area contributed by atoms with E-state index in [0.29, 0.717) is 12.1 Å². The minimum absolute atomic E-state index is 0.204. The normalized spacial score (nSPS) is 10.4. The molecule has 0 spiro atoms. The summed E-state index contributed by atoms with van der Waals surface area (Å²) in [5.41, 5.74) is 2.32. The molecule has 1 heterocycles. The lowest BCUT2D eigenvalue weighted by molar-refractivity contribution is -0.152. The molecule has 2 aromatic carbocycles. The number of aromatic nitrogens is 1. The zero-order valence-electron chi connectivity index (χ0n) is 14.9. The molecule has 28 heavy (non-hydrogen) atoms. The van der Waals surface area contributed by atoms with Gasteiger partial charge in [0.05, 0.1) is 29.3 Å². The molecule has 3 aromatic rings. The van der Waals surface area contributed by atoms with Crippen molar-refractivity contribution in [3.63, 3.8) is 0 Å². The Hall–Kier alpha value is -3.28. The van der Waals surface area contributed by atoms with Gasteiger partial charge in [0, 0.05) is 5.69 Å². The van der Waals surface area contributed by atoms with Gasteiger partial charge in [-0.15, -0.1) is 11.3 Å². The third kappa shape index (κ3) is 5.61. The summed E-state index contributed by atoms with van der Waals surface area (Å²) in [6.45, 7) is -0.453. The molecule has 1 aromatic heterocycles. The van der Waals surface area contributed by atoms with Gasteiger partial charge in [0.2, 0.25) is 0 Å². The summed E-state index contributed by atoms with van der Waals surface area (Å²) in [5.74, 6) is -1.08. The number of amides is 1. The van der Waals surface area contributed by atoms with Crippen molar-refractivity contribution in [2.24, 2.45) is 0 Å². The number of para-hydroxylation sites is 1. The summed E-state index contributed by atoms with van der Waals surface area (Å²) in [7, 11) is 0. The number of rotatable bonds is 8. The average Bonchev–Trinajstić information content (AvgIpc) is 3.11. The fourth-order valence-electron chi connectivity index (χ4n) is 2.39. The van der Waals surface area contributed by atoms with Gasteiger partial charge in [0.1, 0.15) is 11.6 Å². The monoisotopic (exact) mass is 395 g/mol. The number of thiazole rings is 1. The molecule has 142 valence electrons. The van der Waals surface area contributed by atoms with Crippen LogP contribution in [0.1, 0.15) is 10.6 Å². The van der Waals surface area contributed by atoms with Crippen LogP contribution in [0.2, 0.25) is 0 Å². The molecule has 1 N–H and O–H groups in total. The van der Waals surface area contributed by atoms with Crippen LogP contribution < -0.4 is 5.32 Å². The maximum Gasteiger partial charge on any atom is 0.332 e. The second kappa shape index (κ2) is 9.60. The number of anilines is 1. The van der Waals surface area contributed by atoms with Gasteiger partial charge in [-0.05, 0) is 29.8 Å². The van der Waals surface area contributed by atoms with Gasteiger partial charge in [-0.25, -0.2) is 9.78 Å². The maximum atomic E-state index is 11.8. The highest BCUT2D eigenvalue weighted by molar-refractivity contribution is 7.18. The van der Waals surface area contributed by atoms with E-state index in [2.05, 4.69) is 16.4 Å². The minimum Gasteiger partial charge on any atom is -0.454 e. The highest BCUT2D eigenvalue weighted by Crippen LogP contribution is 2.21. The van der Waals surface area contributed by atoms with Crippen molar-refractivity contribution < 1.29 is 19.1 Å². The predicted octanol–water partition coefficient (Wildman–Crippen LogP) is 3.06. The number of ether oxygens (including phenoxy) is 2. The summed E-state index contributed by atoms with van der Waals surface area (Å²) >= 11 is 1.50. The van der Waals surface area contributed by atoms with E-state index in [1.54, 1.807) is 24.3 Å². The SMILES string of the molecule is N#CCc1ccc(NC(=O)COC(=O)COCc2nc3ccccc3s2)cc1. The molecule has 0 aliphatic carbocycles. The lowest BCUT2D eigenvalue weighted by Crippen LogP contribution is -2.22. The van der Waals surface area contributed by atoms with Gasteiger partial charge in [0.25, 0.3) is 5.91 Å². The predicted molar refractivity (Wildman–Crippen MR) is 105 cm³/mol. The molecule has 0 saturated heterocycles. The number of nitrogens with zero attached hydrogens (tertiary/aromatic N) is 2. The maximum absolute atomic E-state index is 11.8. The molecule has 0 aliphatic rings. The highest BCUT2D eigenvalue weighted by atomic mass is 32.1. The van der Waals surface area contributed by atoms with Crippen LogP contribution in [0.25, 0.3) is 10.2 Å². The topological polar surface area (TPSA) is 101 Å². The van der Waals surface area contributed by atoms with Crippen LogP contribution in [0.15, 0.2) is 48.5 Å². The van der Waals surface area contributed by atoms with Crippen molar-refractivity contribution in [3.8, 4) is 6.07 Å². The first kappa shape index (κ1) is 19.5. The van der Waals surface area contributed by atoms with Crippen LogP contribution >= 0.6 is 11.3 Å². The molecular weight excluding hydrogens is 378 g/mol. The smallest absolute Gasteiger partial charge is 0.332 e. The summed E-state index contributed by atoms with van der Waals surface area (Å²) in [5, 5.41) is 12.0. The van der Waals surface area contributed by atoms with E-state index in [1.807, 2.05) is 24.3 Å². The Labute approximate surface area is 165 Å². The van der Waals surface area contributed by atoms with Crippen LogP contribution in [0.4, 0.5) is 5.69 Å². The highest BCUT2D eigenvalue weighted by Gasteiger charge is 2.10. The van der Waals surface area contributed by atoms with Crippen molar-refractivity contribution in [3.05, 3.63) is 59.1 Å². The standard InChI is InChI=1S/C20H17N3O4S/c21-10-9-14-5-7-15(8-6-14)22-18(24)11-27-20(25)13-26-12-19-23-16-3-1-2-4-17(16)28-19/h1-8H,9,11-13H2,(H,22,24). The summed E-state index contributed by atoms with van der Waals surface area (Å²) < 4.78 is 11.3. The second-order valence-electron chi connectivity index (χ2n) is 5.81. The first-order chi connectivity index (χ1) is 13.6. The van der Waals surface area contributed by atoms with Crippen molar-refractivity contribution in [1.29, 1.82) is 5.26 Å². The number of esters is 1. The Morgan fingerprint density at radius 2 is 1.89 bits per heavy atom. The van der Waals surface area contributed by atoms with Gasteiger partial charge in [0.15, 0.2) is 6.61 Å². The third-order valence-electron chi connectivity index (χ3n) is 3.67. The Bertz CT molecular complexity index is 975. The largest absolute Gasteiger partial charge is 0.454 e. The molecule has 0 radical (unpaired) electrons. The Balaban J connectivity index is 1.36. The number of benzene rings is 2. The van der Waals surface area contributed by atoms with Crippen molar-refractivity contribution in [1.82, 2.24) is 4.98 Å². The minimum atomic E-state index is -0.624. The lowest BCUT2D eigenvalue weighted by Gasteiger charge is -2.07. The van der Waals surface area contributed by atoms with Crippen molar-refractivity contribution in [2.45, 2.75) is 13.0 Å². The quantitative estimate of drug-likeness (QED) is 0.588. The first-order valence-corrected chi connectivity index (χ1v) is 9.29. The molecule has 7 nitrogen and oxygen atoms in total. The molecule has 0 saturated carbocycles. The second-order valence-corrected chi connectivity index (χ2v) is 6.92. The number of nitriles is 1. The van der Waals surface area contributed by atoms with Crippen LogP contribution in [-0.2, 0) is 32.1 Å². The number of carbonyl (C=O) groups is 2. The zero-order chi connectivity index (χ0) is 19.8. The van der Waals surface area contributed by atoms with Gasteiger partial charge >= 0.3 is 5.97 Å². The zero-order valence-corrected chi connectivity index (χ0v) is 15.7. The van der Waals surface area contributed by atoms with Gasteiger partial charge < -0.3 is 14.8 Å². The Kier molecular flexibility index (Phi) is 6.68. The number of hydrogen-bond donors (Lipinski definition) is 1. The van der Waals surface area contributed by atoms with Crippen LogP contribution in [0, 0.1) is 11.3 Å². The van der Waals surface area contributed by atoms with E-state index in [0.717, 1.165) is 20.8 Å². The average molecular weight is 395 g/mol. The molecule has 0 fully saturated rings. The van der Waals surface area contributed by atoms with Gasteiger partial charge in [-0.1, -0.05) is 24.3 Å². The van der Waals surface area contributed by atoms with Crippen LogP contribution in [-0.4, -0.2) is 30.1 Å². The Morgan fingerprint density at radius 1 is 1.11 bits per heavy atom. The number of fused-ring (bicyclic) bond motifs is 1. The summed E-state index contributed by atoms with van der Waals surface area (Å²) in [4.78, 5) is 27.9. The molecule has 0 atom stereocenters. The molecule has 1 amide bonds. The molecular formula is C20H17N3O4S. The Morgan fingerprint density at radius 3 is 2.64 bits per heavy atom. The fraction of sp³-hybridized carbons (Fsp3) is 0.200. The number of nitrogens with one attached hydrogen (secondary N) is 1. The van der Waals surface area contributed by atoms with Crippen molar-refractivity contribution in [2.75, 3.05) is 18.5 Å². The van der Waals surface area contributed by atoms with Crippen LogP contribution in [0.3, 0.4) is 0 Å². The van der Waals surface area contributed by atoms with Gasteiger partial charge in [-0.3, -0.25) is 4.79 Å². The van der Waals surface area contributed by atoms with E-state index in [9.17, 15) is 9.59 Å². The fourth-order valence-corrected chi connectivity index (χ4v) is 3.29. The number of hydrogen-bond acceptors (Lipinski definition) is 7. The third-order valence-corrected chi connectivity index (χ3v) is 4.68. The molecule has 8 heteroatoms. The lowest BCUT2D eigenvalue weighted by atomic mass is 10.1.